The number of ketones is 1. The zero-order valence-corrected chi connectivity index (χ0v) is 13.6. The van der Waals surface area contributed by atoms with Crippen molar-refractivity contribution in [2.24, 2.45) is 5.92 Å². The fourth-order valence-electron chi connectivity index (χ4n) is 2.23. The van der Waals surface area contributed by atoms with Crippen LogP contribution in [0.4, 0.5) is 4.39 Å². The smallest absolute Gasteiger partial charge is 0.151 e. The van der Waals surface area contributed by atoms with E-state index in [1.165, 1.54) is 12.1 Å². The van der Waals surface area contributed by atoms with Gasteiger partial charge in [-0.05, 0) is 37.7 Å². The summed E-state index contributed by atoms with van der Waals surface area (Å²) < 4.78 is 12.9. The largest absolute Gasteiger partial charge is 0.308 e. The van der Waals surface area contributed by atoms with Crippen molar-refractivity contribution in [2.75, 3.05) is 40.3 Å². The summed E-state index contributed by atoms with van der Waals surface area (Å²) in [5.74, 6) is 0.449. The normalized spacial score (nSPS) is 11.6. The minimum atomic E-state index is -0.265. The number of nitrogens with zero attached hydrogens (tertiary/aromatic N) is 2. The van der Waals surface area contributed by atoms with Crippen molar-refractivity contribution < 1.29 is 9.18 Å². The highest BCUT2D eigenvalue weighted by atomic mass is 19.1. The molecule has 0 amide bonds. The molecule has 118 valence electrons. The van der Waals surface area contributed by atoms with Gasteiger partial charge in [0, 0.05) is 26.1 Å². The molecule has 0 heterocycles. The van der Waals surface area contributed by atoms with Crippen LogP contribution in [0.25, 0.3) is 0 Å². The molecule has 0 saturated heterocycles. The maximum absolute atomic E-state index is 12.9. The first kappa shape index (κ1) is 17.8. The number of hydrogen-bond acceptors (Lipinski definition) is 3. The van der Waals surface area contributed by atoms with Crippen LogP contribution in [0.15, 0.2) is 24.3 Å². The Morgan fingerprint density at radius 1 is 1.14 bits per heavy atom. The number of carbonyl (C=O) groups excluding carboxylic acids is 1. The summed E-state index contributed by atoms with van der Waals surface area (Å²) in [6, 6.07) is 6.17. The Morgan fingerprint density at radius 3 is 2.29 bits per heavy atom. The number of hydrogen-bond donors (Lipinski definition) is 0. The first-order valence-electron chi connectivity index (χ1n) is 7.50. The van der Waals surface area contributed by atoms with Gasteiger partial charge in [-0.3, -0.25) is 9.69 Å². The number of carbonyl (C=O) groups is 1. The van der Waals surface area contributed by atoms with Crippen LogP contribution in [0.2, 0.25) is 0 Å². The molecule has 0 bridgehead atoms. The first-order chi connectivity index (χ1) is 9.86. The molecule has 0 unspecified atom stereocenters. The summed E-state index contributed by atoms with van der Waals surface area (Å²) >= 11 is 0. The molecule has 1 rings (SSSR count). The van der Waals surface area contributed by atoms with Crippen molar-refractivity contribution in [3.05, 3.63) is 35.6 Å². The van der Waals surface area contributed by atoms with E-state index in [0.717, 1.165) is 25.2 Å². The molecule has 0 saturated carbocycles. The van der Waals surface area contributed by atoms with E-state index in [2.05, 4.69) is 23.6 Å². The lowest BCUT2D eigenvalue weighted by atomic mass is 10.1. The molecule has 1 aromatic carbocycles. The number of halogens is 1. The van der Waals surface area contributed by atoms with Gasteiger partial charge >= 0.3 is 0 Å². The summed E-state index contributed by atoms with van der Waals surface area (Å²) in [5, 5.41) is 0. The lowest BCUT2D eigenvalue weighted by Crippen LogP contribution is -2.38. The highest BCUT2D eigenvalue weighted by Gasteiger charge is 2.13. The predicted octanol–water partition coefficient (Wildman–Crippen LogP) is 2.46. The molecule has 0 atom stereocenters. The zero-order chi connectivity index (χ0) is 15.8. The summed E-state index contributed by atoms with van der Waals surface area (Å²) in [6.45, 7) is 7.53. The third kappa shape index (κ3) is 7.93. The summed E-state index contributed by atoms with van der Waals surface area (Å²) in [6.07, 6.45) is 0.372. The molecule has 0 aliphatic carbocycles. The summed E-state index contributed by atoms with van der Waals surface area (Å²) in [7, 11) is 4.07. The third-order valence-electron chi connectivity index (χ3n) is 3.20. The summed E-state index contributed by atoms with van der Waals surface area (Å²) in [5.41, 5.74) is 0.874. The number of benzene rings is 1. The van der Waals surface area contributed by atoms with E-state index in [9.17, 15) is 9.18 Å². The van der Waals surface area contributed by atoms with Crippen molar-refractivity contribution >= 4 is 5.78 Å². The van der Waals surface area contributed by atoms with Crippen LogP contribution in [-0.2, 0) is 11.2 Å². The fourth-order valence-corrected chi connectivity index (χ4v) is 2.23. The molecule has 0 aliphatic rings. The van der Waals surface area contributed by atoms with Crippen LogP contribution in [-0.4, -0.2) is 55.9 Å². The van der Waals surface area contributed by atoms with Crippen LogP contribution in [0.5, 0.6) is 0 Å². The number of rotatable bonds is 9. The highest BCUT2D eigenvalue weighted by Crippen LogP contribution is 2.06. The van der Waals surface area contributed by atoms with Gasteiger partial charge < -0.3 is 4.90 Å². The highest BCUT2D eigenvalue weighted by molar-refractivity contribution is 5.82. The first-order valence-corrected chi connectivity index (χ1v) is 7.50. The lowest BCUT2D eigenvalue weighted by Gasteiger charge is -2.25. The monoisotopic (exact) mass is 294 g/mol. The molecule has 0 radical (unpaired) electrons. The number of Topliss-reactive ketones (excluding diaryl/α,β-unsaturated/α-hetero) is 1. The maximum atomic E-state index is 12.9. The van der Waals surface area contributed by atoms with E-state index in [1.54, 1.807) is 12.1 Å². The molecular formula is C17H27FN2O. The average molecular weight is 294 g/mol. The van der Waals surface area contributed by atoms with Gasteiger partial charge in [0.05, 0.1) is 6.54 Å². The van der Waals surface area contributed by atoms with Crippen LogP contribution >= 0.6 is 0 Å². The standard InChI is InChI=1S/C17H27FN2O/c1-14(2)12-20(10-9-19(3)4)13-17(21)11-15-5-7-16(18)8-6-15/h5-8,14H,9-13H2,1-4H3. The molecule has 21 heavy (non-hydrogen) atoms. The minimum Gasteiger partial charge on any atom is -0.308 e. The van der Waals surface area contributed by atoms with Crippen LogP contribution in [0.1, 0.15) is 19.4 Å². The van der Waals surface area contributed by atoms with E-state index >= 15 is 0 Å². The Hall–Kier alpha value is -1.26. The van der Waals surface area contributed by atoms with Crippen LogP contribution in [0.3, 0.4) is 0 Å². The van der Waals surface area contributed by atoms with Crippen molar-refractivity contribution in [3.8, 4) is 0 Å². The molecule has 0 N–H and O–H groups in total. The molecule has 1 aromatic rings. The van der Waals surface area contributed by atoms with Gasteiger partial charge in [-0.25, -0.2) is 4.39 Å². The topological polar surface area (TPSA) is 23.6 Å². The van der Waals surface area contributed by atoms with Gasteiger partial charge in [0.2, 0.25) is 0 Å². The molecule has 0 aromatic heterocycles. The number of likely N-dealkylation sites (N-methyl/N-ethyl adjacent to an activating group) is 1. The molecule has 0 fully saturated rings. The zero-order valence-electron chi connectivity index (χ0n) is 13.6. The fraction of sp³-hybridized carbons (Fsp3) is 0.588. The van der Waals surface area contributed by atoms with Gasteiger partial charge in [0.25, 0.3) is 0 Å². The molecular weight excluding hydrogens is 267 g/mol. The van der Waals surface area contributed by atoms with Gasteiger partial charge in [-0.1, -0.05) is 26.0 Å². The summed E-state index contributed by atoms with van der Waals surface area (Å²) in [4.78, 5) is 16.5. The molecule has 0 spiro atoms. The SMILES string of the molecule is CC(C)CN(CCN(C)C)CC(=O)Cc1ccc(F)cc1. The quantitative estimate of drug-likeness (QED) is 0.699. The van der Waals surface area contributed by atoms with E-state index < -0.39 is 0 Å². The second kappa shape index (κ2) is 8.90. The Bertz CT molecular complexity index is 429. The van der Waals surface area contributed by atoms with Gasteiger partial charge in [0.15, 0.2) is 5.78 Å². The Kier molecular flexibility index (Phi) is 7.54. The minimum absolute atomic E-state index is 0.181. The van der Waals surface area contributed by atoms with E-state index in [0.29, 0.717) is 18.9 Å². The molecule has 3 nitrogen and oxygen atoms in total. The molecule has 0 aliphatic heterocycles. The Morgan fingerprint density at radius 2 is 1.76 bits per heavy atom. The van der Waals surface area contributed by atoms with Gasteiger partial charge in [-0.2, -0.15) is 0 Å². The third-order valence-corrected chi connectivity index (χ3v) is 3.20. The second-order valence-corrected chi connectivity index (χ2v) is 6.27. The van der Waals surface area contributed by atoms with E-state index in [1.807, 2.05) is 14.1 Å². The van der Waals surface area contributed by atoms with E-state index in [-0.39, 0.29) is 11.6 Å². The maximum Gasteiger partial charge on any atom is 0.151 e. The van der Waals surface area contributed by atoms with E-state index in [4.69, 9.17) is 0 Å². The van der Waals surface area contributed by atoms with Crippen molar-refractivity contribution in [3.63, 3.8) is 0 Å². The van der Waals surface area contributed by atoms with Gasteiger partial charge in [-0.15, -0.1) is 0 Å². The van der Waals surface area contributed by atoms with Crippen LogP contribution < -0.4 is 0 Å². The average Bonchev–Trinajstić information content (AvgIpc) is 2.38. The van der Waals surface area contributed by atoms with Crippen molar-refractivity contribution in [1.29, 1.82) is 0 Å². The van der Waals surface area contributed by atoms with Crippen molar-refractivity contribution in [2.45, 2.75) is 20.3 Å². The van der Waals surface area contributed by atoms with Gasteiger partial charge in [0.1, 0.15) is 5.82 Å². The molecule has 4 heteroatoms. The predicted molar refractivity (Wildman–Crippen MR) is 84.9 cm³/mol. The van der Waals surface area contributed by atoms with Crippen molar-refractivity contribution in [1.82, 2.24) is 9.80 Å². The Labute approximate surface area is 127 Å². The lowest BCUT2D eigenvalue weighted by molar-refractivity contribution is -0.119. The van der Waals surface area contributed by atoms with Crippen LogP contribution in [0, 0.1) is 11.7 Å². The second-order valence-electron chi connectivity index (χ2n) is 6.27. The Balaban J connectivity index is 2.51.